The van der Waals surface area contributed by atoms with Gasteiger partial charge in [-0.25, -0.2) is 23.1 Å². The fourth-order valence-electron chi connectivity index (χ4n) is 8.22. The van der Waals surface area contributed by atoms with E-state index in [1.807, 2.05) is 11.0 Å². The highest BCUT2D eigenvalue weighted by molar-refractivity contribution is 5.96. The molecule has 12 heteroatoms. The van der Waals surface area contributed by atoms with E-state index in [1.165, 1.54) is 19.6 Å². The SMILES string of the molecule is COc1ccc(CCn2c(-c3cccnc3)nc3cc(NC(=NC4C[C@@H]5C[C@H]([C@@H]4C)C5(C)C)N4CCN[C@@H](C(F)F)C4)ccc3c2=O)c(F)c1. The fourth-order valence-corrected chi connectivity index (χ4v) is 8.22. The summed E-state index contributed by atoms with van der Waals surface area (Å²) in [6.45, 7) is 8.22. The number of hydrogen-bond acceptors (Lipinski definition) is 6. The third-order valence-electron chi connectivity index (χ3n) is 11.4. The second-order valence-corrected chi connectivity index (χ2v) is 14.5. The molecule has 4 aromatic rings. The van der Waals surface area contributed by atoms with Crippen molar-refractivity contribution in [2.24, 2.45) is 28.2 Å². The zero-order chi connectivity index (χ0) is 35.2. The van der Waals surface area contributed by atoms with Gasteiger partial charge in [0, 0.05) is 55.9 Å². The number of hydrogen-bond donors (Lipinski definition) is 2. The van der Waals surface area contributed by atoms with Crippen LogP contribution in [-0.2, 0) is 13.0 Å². The van der Waals surface area contributed by atoms with Gasteiger partial charge in [-0.1, -0.05) is 26.8 Å². The van der Waals surface area contributed by atoms with Crippen molar-refractivity contribution in [1.29, 1.82) is 0 Å². The lowest BCUT2D eigenvalue weighted by Crippen LogP contribution is -2.58. The summed E-state index contributed by atoms with van der Waals surface area (Å²) in [5.74, 6) is 2.52. The van der Waals surface area contributed by atoms with Crippen LogP contribution in [0.5, 0.6) is 5.75 Å². The molecule has 50 heavy (non-hydrogen) atoms. The minimum Gasteiger partial charge on any atom is -0.497 e. The number of nitrogens with zero attached hydrogens (tertiary/aromatic N) is 5. The number of fused-ring (bicyclic) bond motifs is 3. The Labute approximate surface area is 290 Å². The van der Waals surface area contributed by atoms with Crippen molar-refractivity contribution >= 4 is 22.5 Å². The van der Waals surface area contributed by atoms with E-state index >= 15 is 0 Å². The van der Waals surface area contributed by atoms with Crippen molar-refractivity contribution in [3.05, 3.63) is 82.7 Å². The zero-order valence-electron chi connectivity index (χ0n) is 28.9. The third kappa shape index (κ3) is 6.45. The number of halogens is 3. The van der Waals surface area contributed by atoms with E-state index in [9.17, 15) is 18.0 Å². The molecule has 3 saturated carbocycles. The molecule has 2 aromatic heterocycles. The van der Waals surface area contributed by atoms with E-state index in [0.29, 0.717) is 81.5 Å². The summed E-state index contributed by atoms with van der Waals surface area (Å²) in [7, 11) is 1.48. The molecule has 1 unspecified atom stereocenters. The van der Waals surface area contributed by atoms with Crippen LogP contribution in [0, 0.1) is 29.0 Å². The van der Waals surface area contributed by atoms with Gasteiger partial charge in [0.15, 0.2) is 5.96 Å². The van der Waals surface area contributed by atoms with Crippen LogP contribution in [0.4, 0.5) is 18.9 Å². The number of alkyl halides is 2. The molecule has 4 fully saturated rings. The van der Waals surface area contributed by atoms with Crippen molar-refractivity contribution in [2.45, 2.75) is 65.1 Å². The van der Waals surface area contributed by atoms with Crippen LogP contribution in [0.25, 0.3) is 22.3 Å². The first-order valence-electron chi connectivity index (χ1n) is 17.4. The van der Waals surface area contributed by atoms with Crippen molar-refractivity contribution in [2.75, 3.05) is 32.1 Å². The third-order valence-corrected chi connectivity index (χ3v) is 11.4. The number of methoxy groups -OCH3 is 1. The molecule has 0 spiro atoms. The molecule has 264 valence electrons. The van der Waals surface area contributed by atoms with Crippen LogP contribution in [0.3, 0.4) is 0 Å². The average Bonchev–Trinajstić information content (AvgIpc) is 3.12. The Kier molecular flexibility index (Phi) is 9.32. The molecule has 3 aliphatic carbocycles. The Balaban J connectivity index is 1.23. The lowest BCUT2D eigenvalue weighted by Gasteiger charge is -2.61. The first kappa shape index (κ1) is 34.0. The van der Waals surface area contributed by atoms with Gasteiger partial charge in [0.1, 0.15) is 17.4 Å². The van der Waals surface area contributed by atoms with E-state index in [-0.39, 0.29) is 31.1 Å². The van der Waals surface area contributed by atoms with Crippen LogP contribution in [-0.4, -0.2) is 70.6 Å². The molecule has 0 radical (unpaired) electrons. The van der Waals surface area contributed by atoms with Crippen molar-refractivity contribution < 1.29 is 17.9 Å². The number of piperazine rings is 1. The van der Waals surface area contributed by atoms with Gasteiger partial charge in [-0.2, -0.15) is 0 Å². The molecule has 0 amide bonds. The van der Waals surface area contributed by atoms with Crippen LogP contribution >= 0.6 is 0 Å². The number of benzene rings is 2. The molecule has 4 aliphatic rings. The second-order valence-electron chi connectivity index (χ2n) is 14.5. The maximum absolute atomic E-state index is 14.8. The van der Waals surface area contributed by atoms with E-state index in [2.05, 4.69) is 36.4 Å². The summed E-state index contributed by atoms with van der Waals surface area (Å²) in [6, 6.07) is 12.7. The van der Waals surface area contributed by atoms with E-state index < -0.39 is 18.3 Å². The Hall–Kier alpha value is -4.45. The van der Waals surface area contributed by atoms with Crippen LogP contribution in [0.1, 0.15) is 39.2 Å². The molecule has 2 bridgehead atoms. The van der Waals surface area contributed by atoms with Gasteiger partial charge < -0.3 is 20.3 Å². The maximum Gasteiger partial charge on any atom is 0.261 e. The molecule has 2 aromatic carbocycles. The largest absolute Gasteiger partial charge is 0.497 e. The summed E-state index contributed by atoms with van der Waals surface area (Å²) in [5.41, 5.74) is 2.25. The highest BCUT2D eigenvalue weighted by atomic mass is 19.3. The fraction of sp³-hybridized carbons (Fsp3) is 0.474. The molecule has 1 aliphatic heterocycles. The number of aromatic nitrogens is 3. The standard InChI is InChI=1S/C38H44F3N7O2/c1-22-29-16-25(38(29,2)3)17-31(22)46-37(47-15-13-43-33(21-47)34(40)41)44-26-8-10-28-32(18-26)45-35(24-6-5-12-42-20-24)48(36(28)49)14-11-23-7-9-27(50-4)19-30(23)39/h5-10,12,18-20,22,25,29,31,33-34,43H,11,13-17,21H2,1-4H3,(H,44,46)/t22-,25-,29+,31?,33+/m0/s1. The predicted octanol–water partition coefficient (Wildman–Crippen LogP) is 6.23. The first-order chi connectivity index (χ1) is 24.0. The number of nitrogens with one attached hydrogen (secondary N) is 2. The Morgan fingerprint density at radius 3 is 2.72 bits per heavy atom. The molecule has 2 N–H and O–H groups in total. The number of rotatable bonds is 8. The summed E-state index contributed by atoms with van der Waals surface area (Å²) in [4.78, 5) is 30.4. The van der Waals surface area contributed by atoms with Crippen LogP contribution in [0.2, 0.25) is 0 Å². The van der Waals surface area contributed by atoms with Crippen molar-refractivity contribution in [3.63, 3.8) is 0 Å². The van der Waals surface area contributed by atoms with Gasteiger partial charge in [0.05, 0.1) is 30.1 Å². The smallest absolute Gasteiger partial charge is 0.261 e. The van der Waals surface area contributed by atoms with E-state index in [4.69, 9.17) is 14.7 Å². The first-order valence-corrected chi connectivity index (χ1v) is 17.4. The van der Waals surface area contributed by atoms with E-state index in [1.54, 1.807) is 53.4 Å². The summed E-state index contributed by atoms with van der Waals surface area (Å²) in [5, 5.41) is 6.80. The van der Waals surface area contributed by atoms with Gasteiger partial charge in [-0.05, 0) is 84.4 Å². The Bertz CT molecular complexity index is 1950. The minimum atomic E-state index is -2.50. The van der Waals surface area contributed by atoms with Gasteiger partial charge in [0.25, 0.3) is 12.0 Å². The van der Waals surface area contributed by atoms with Crippen LogP contribution in [0.15, 0.2) is 70.7 Å². The lowest BCUT2D eigenvalue weighted by molar-refractivity contribution is -0.108. The van der Waals surface area contributed by atoms with Gasteiger partial charge >= 0.3 is 0 Å². The number of guanidine groups is 1. The van der Waals surface area contributed by atoms with E-state index in [0.717, 1.165) is 6.42 Å². The Morgan fingerprint density at radius 2 is 2.02 bits per heavy atom. The Morgan fingerprint density at radius 1 is 1.18 bits per heavy atom. The number of ether oxygens (including phenoxy) is 1. The second kappa shape index (κ2) is 13.7. The number of aryl methyl sites for hydroxylation is 1. The molecule has 8 rings (SSSR count). The predicted molar refractivity (Wildman–Crippen MR) is 189 cm³/mol. The molecule has 9 nitrogen and oxygen atoms in total. The molecule has 5 atom stereocenters. The number of aliphatic imine (C=N–C) groups is 1. The lowest BCUT2D eigenvalue weighted by atomic mass is 9.45. The molecular weight excluding hydrogens is 643 g/mol. The zero-order valence-corrected chi connectivity index (χ0v) is 28.9. The molecule has 1 saturated heterocycles. The van der Waals surface area contributed by atoms with Gasteiger partial charge in [-0.15, -0.1) is 0 Å². The van der Waals surface area contributed by atoms with Crippen molar-refractivity contribution in [1.82, 2.24) is 24.8 Å². The molecular formula is C38H44F3N7O2. The number of anilines is 1. The monoisotopic (exact) mass is 687 g/mol. The quantitative estimate of drug-likeness (QED) is 0.168. The number of pyridine rings is 1. The van der Waals surface area contributed by atoms with Crippen LogP contribution < -0.4 is 20.9 Å². The summed E-state index contributed by atoms with van der Waals surface area (Å²) >= 11 is 0. The minimum absolute atomic E-state index is 0.0765. The van der Waals surface area contributed by atoms with Crippen molar-refractivity contribution in [3.8, 4) is 17.1 Å². The average molecular weight is 688 g/mol. The topological polar surface area (TPSA) is 96.7 Å². The normalized spacial score (nSPS) is 24.7. The summed E-state index contributed by atoms with van der Waals surface area (Å²) < 4.78 is 49.2. The van der Waals surface area contributed by atoms with Gasteiger partial charge in [0.2, 0.25) is 0 Å². The highest BCUT2D eigenvalue weighted by Crippen LogP contribution is 2.61. The maximum atomic E-state index is 14.8. The van der Waals surface area contributed by atoms with Gasteiger partial charge in [-0.3, -0.25) is 14.3 Å². The highest BCUT2D eigenvalue weighted by Gasteiger charge is 2.56. The molecule has 3 heterocycles. The summed E-state index contributed by atoms with van der Waals surface area (Å²) in [6.07, 6.45) is 3.24.